The Bertz CT molecular complexity index is 1360. The van der Waals surface area contributed by atoms with E-state index in [-0.39, 0.29) is 23.1 Å². The third kappa shape index (κ3) is 3.86. The van der Waals surface area contributed by atoms with Gasteiger partial charge in [0.05, 0.1) is 0 Å². The number of aryl methyl sites for hydroxylation is 2. The monoisotopic (exact) mass is 469 g/mol. The van der Waals surface area contributed by atoms with Gasteiger partial charge in [0.25, 0.3) is 0 Å². The highest BCUT2D eigenvalue weighted by Crippen LogP contribution is 2.45. The average Bonchev–Trinajstić information content (AvgIpc) is 3.32. The van der Waals surface area contributed by atoms with E-state index in [1.165, 1.54) is 11.3 Å². The van der Waals surface area contributed by atoms with Crippen molar-refractivity contribution in [3.05, 3.63) is 99.9 Å². The van der Waals surface area contributed by atoms with Crippen LogP contribution in [0.5, 0.6) is 0 Å². The molecule has 3 aromatic carbocycles. The predicted octanol–water partition coefficient (Wildman–Crippen LogP) is 7.09. The van der Waals surface area contributed by atoms with E-state index in [2.05, 4.69) is 29.6 Å². The molecule has 0 fully saturated rings. The summed E-state index contributed by atoms with van der Waals surface area (Å²) in [5.74, 6) is -1.15. The maximum Gasteiger partial charge on any atom is 0.412 e. The average molecular weight is 470 g/mol. The van der Waals surface area contributed by atoms with Gasteiger partial charge in [-0.05, 0) is 41.7 Å². The summed E-state index contributed by atoms with van der Waals surface area (Å²) in [6, 6.07) is 23.9. The summed E-state index contributed by atoms with van der Waals surface area (Å²) in [5.41, 5.74) is 7.13. The molecule has 5 rings (SSSR count). The van der Waals surface area contributed by atoms with Crippen molar-refractivity contribution >= 4 is 28.4 Å². The SMILES string of the molecule is Cc1ccc(-c2c(C)sc(NC(=O)OCC3c4ccccc4-c4ccccc43)c2C(=O)O)cc1. The van der Waals surface area contributed by atoms with Crippen LogP contribution in [0.4, 0.5) is 9.80 Å². The van der Waals surface area contributed by atoms with Gasteiger partial charge < -0.3 is 9.84 Å². The minimum Gasteiger partial charge on any atom is -0.478 e. The van der Waals surface area contributed by atoms with Crippen LogP contribution in [0.25, 0.3) is 22.3 Å². The van der Waals surface area contributed by atoms with Gasteiger partial charge in [0.1, 0.15) is 17.2 Å². The topological polar surface area (TPSA) is 75.6 Å². The number of carbonyl (C=O) groups excluding carboxylic acids is 1. The fourth-order valence-electron chi connectivity index (χ4n) is 4.63. The molecule has 0 bridgehead atoms. The number of nitrogens with one attached hydrogen (secondary N) is 1. The van der Waals surface area contributed by atoms with Crippen molar-refractivity contribution in [2.75, 3.05) is 11.9 Å². The second-order valence-electron chi connectivity index (χ2n) is 8.36. The van der Waals surface area contributed by atoms with Crippen molar-refractivity contribution in [3.8, 4) is 22.3 Å². The van der Waals surface area contributed by atoms with Crippen molar-refractivity contribution in [1.82, 2.24) is 0 Å². The van der Waals surface area contributed by atoms with E-state index in [0.717, 1.165) is 38.3 Å². The first-order valence-electron chi connectivity index (χ1n) is 11.0. The van der Waals surface area contributed by atoms with E-state index < -0.39 is 12.1 Å². The van der Waals surface area contributed by atoms with Crippen molar-refractivity contribution in [1.29, 1.82) is 0 Å². The smallest absolute Gasteiger partial charge is 0.412 e. The van der Waals surface area contributed by atoms with Gasteiger partial charge in [0, 0.05) is 16.4 Å². The molecule has 1 amide bonds. The highest BCUT2D eigenvalue weighted by atomic mass is 32.1. The van der Waals surface area contributed by atoms with Crippen molar-refractivity contribution in [2.24, 2.45) is 0 Å². The number of amides is 1. The molecule has 0 radical (unpaired) electrons. The molecule has 2 N–H and O–H groups in total. The Morgan fingerprint density at radius 3 is 2.09 bits per heavy atom. The van der Waals surface area contributed by atoms with Gasteiger partial charge >= 0.3 is 12.1 Å². The molecule has 170 valence electrons. The fraction of sp³-hybridized carbons (Fsp3) is 0.143. The molecule has 34 heavy (non-hydrogen) atoms. The zero-order chi connectivity index (χ0) is 23.8. The normalized spacial score (nSPS) is 12.2. The molecule has 0 atom stereocenters. The molecule has 5 nitrogen and oxygen atoms in total. The lowest BCUT2D eigenvalue weighted by Gasteiger charge is -2.14. The standard InChI is InChI=1S/C28H23NO4S/c1-16-11-13-18(14-12-16)24-17(2)34-26(25(24)27(30)31)29-28(32)33-15-23-21-9-5-3-7-19(21)20-8-4-6-10-22(20)23/h3-14,23H,15H2,1-2H3,(H,29,32)(H,30,31). The predicted molar refractivity (Wildman–Crippen MR) is 135 cm³/mol. The number of hydrogen-bond donors (Lipinski definition) is 2. The summed E-state index contributed by atoms with van der Waals surface area (Å²) in [5, 5.41) is 12.9. The number of carboxylic acid groups (broad SMARTS) is 1. The summed E-state index contributed by atoms with van der Waals surface area (Å²) in [6.45, 7) is 4.00. The third-order valence-corrected chi connectivity index (χ3v) is 7.22. The van der Waals surface area contributed by atoms with Crippen LogP contribution in [-0.2, 0) is 4.74 Å². The summed E-state index contributed by atoms with van der Waals surface area (Å²) in [7, 11) is 0. The molecule has 0 saturated heterocycles. The van der Waals surface area contributed by atoms with Crippen LogP contribution in [0.3, 0.4) is 0 Å². The number of benzene rings is 3. The van der Waals surface area contributed by atoms with E-state index in [9.17, 15) is 14.7 Å². The molecule has 1 aromatic heterocycles. The number of anilines is 1. The maximum atomic E-state index is 12.8. The molecule has 0 aliphatic heterocycles. The summed E-state index contributed by atoms with van der Waals surface area (Å²) in [4.78, 5) is 25.7. The van der Waals surface area contributed by atoms with Gasteiger partial charge in [0.2, 0.25) is 0 Å². The highest BCUT2D eigenvalue weighted by molar-refractivity contribution is 7.17. The van der Waals surface area contributed by atoms with Crippen LogP contribution in [-0.4, -0.2) is 23.8 Å². The van der Waals surface area contributed by atoms with Crippen LogP contribution < -0.4 is 5.32 Å². The fourth-order valence-corrected chi connectivity index (χ4v) is 5.69. The van der Waals surface area contributed by atoms with Gasteiger partial charge in [0.15, 0.2) is 0 Å². The van der Waals surface area contributed by atoms with Crippen LogP contribution in [0.1, 0.15) is 37.8 Å². The molecule has 1 aliphatic rings. The molecular formula is C28H23NO4S. The first-order chi connectivity index (χ1) is 16.4. The third-order valence-electron chi connectivity index (χ3n) is 6.20. The first-order valence-corrected chi connectivity index (χ1v) is 11.8. The lowest BCUT2D eigenvalue weighted by Crippen LogP contribution is -2.18. The number of fused-ring (bicyclic) bond motifs is 3. The lowest BCUT2D eigenvalue weighted by atomic mass is 9.98. The van der Waals surface area contributed by atoms with Gasteiger partial charge in [-0.25, -0.2) is 9.59 Å². The molecular weight excluding hydrogens is 446 g/mol. The van der Waals surface area contributed by atoms with Gasteiger partial charge in [-0.1, -0.05) is 78.4 Å². The number of rotatable bonds is 5. The van der Waals surface area contributed by atoms with Crippen molar-refractivity contribution in [3.63, 3.8) is 0 Å². The van der Waals surface area contributed by atoms with E-state index >= 15 is 0 Å². The molecule has 0 spiro atoms. The van der Waals surface area contributed by atoms with Crippen LogP contribution >= 0.6 is 11.3 Å². The zero-order valence-electron chi connectivity index (χ0n) is 18.8. The van der Waals surface area contributed by atoms with Gasteiger partial charge in [-0.2, -0.15) is 0 Å². The largest absolute Gasteiger partial charge is 0.478 e. The molecule has 0 unspecified atom stereocenters. The minimum atomic E-state index is -1.09. The quantitative estimate of drug-likeness (QED) is 0.327. The summed E-state index contributed by atoms with van der Waals surface area (Å²) < 4.78 is 5.61. The summed E-state index contributed by atoms with van der Waals surface area (Å²) >= 11 is 1.24. The molecule has 6 heteroatoms. The molecule has 1 aliphatic carbocycles. The number of carbonyl (C=O) groups is 2. The van der Waals surface area contributed by atoms with E-state index in [1.807, 2.05) is 62.4 Å². The lowest BCUT2D eigenvalue weighted by molar-refractivity contribution is 0.0699. The van der Waals surface area contributed by atoms with E-state index in [4.69, 9.17) is 4.74 Å². The minimum absolute atomic E-state index is 0.0646. The Balaban J connectivity index is 1.37. The molecule has 1 heterocycles. The Kier molecular flexibility index (Phi) is 5.67. The van der Waals surface area contributed by atoms with Crippen LogP contribution in [0.15, 0.2) is 72.8 Å². The summed E-state index contributed by atoms with van der Waals surface area (Å²) in [6.07, 6.45) is -0.666. The maximum absolute atomic E-state index is 12.8. The van der Waals surface area contributed by atoms with Crippen LogP contribution in [0, 0.1) is 13.8 Å². The van der Waals surface area contributed by atoms with E-state index in [0.29, 0.717) is 5.56 Å². The Morgan fingerprint density at radius 1 is 0.912 bits per heavy atom. The van der Waals surface area contributed by atoms with E-state index in [1.54, 1.807) is 0 Å². The second-order valence-corrected chi connectivity index (χ2v) is 9.58. The van der Waals surface area contributed by atoms with Gasteiger partial charge in [-0.3, -0.25) is 5.32 Å². The van der Waals surface area contributed by atoms with Gasteiger partial charge in [-0.15, -0.1) is 11.3 Å². The zero-order valence-corrected chi connectivity index (χ0v) is 19.6. The highest BCUT2D eigenvalue weighted by Gasteiger charge is 2.30. The Labute approximate surface area is 201 Å². The number of aromatic carboxylic acids is 1. The number of thiophene rings is 1. The molecule has 0 saturated carbocycles. The Hall–Kier alpha value is -3.90. The second kappa shape index (κ2) is 8.80. The number of carboxylic acids is 1. The first kappa shape index (κ1) is 21.9. The van der Waals surface area contributed by atoms with Crippen molar-refractivity contribution < 1.29 is 19.4 Å². The van der Waals surface area contributed by atoms with Crippen molar-refractivity contribution in [2.45, 2.75) is 19.8 Å². The molecule has 4 aromatic rings. The Morgan fingerprint density at radius 2 is 1.50 bits per heavy atom. The van der Waals surface area contributed by atoms with Crippen LogP contribution in [0.2, 0.25) is 0 Å². The number of hydrogen-bond acceptors (Lipinski definition) is 4. The number of ether oxygens (including phenoxy) is 1.